The van der Waals surface area contributed by atoms with E-state index in [0.29, 0.717) is 12.5 Å². The number of hydrogen-bond donors (Lipinski definition) is 2. The molecule has 0 unspecified atom stereocenters. The highest BCUT2D eigenvalue weighted by molar-refractivity contribution is 7.18. The minimum atomic E-state index is 0.638. The van der Waals surface area contributed by atoms with E-state index in [-0.39, 0.29) is 0 Å². The van der Waals surface area contributed by atoms with Crippen LogP contribution in [0.3, 0.4) is 0 Å². The standard InChI is InChI=1S/C15H20N4S/c1-5-7-17-15-18-12-11(4)9-20-13(12)14(19-15)16-8-6-10(2)3/h5-6,9H,1,7-8H2,2-4H3,(H2,16,17,18,19). The van der Waals surface area contributed by atoms with Crippen LogP contribution in [0.25, 0.3) is 10.2 Å². The fourth-order valence-electron chi connectivity index (χ4n) is 1.75. The van der Waals surface area contributed by atoms with E-state index in [4.69, 9.17) is 0 Å². The molecular weight excluding hydrogens is 268 g/mol. The molecule has 2 aromatic heterocycles. The third-order valence-electron chi connectivity index (χ3n) is 2.78. The van der Waals surface area contributed by atoms with Crippen LogP contribution in [0.5, 0.6) is 0 Å². The van der Waals surface area contributed by atoms with Crippen LogP contribution in [-0.2, 0) is 0 Å². The highest BCUT2D eigenvalue weighted by atomic mass is 32.1. The lowest BCUT2D eigenvalue weighted by molar-refractivity contribution is 1.14. The maximum Gasteiger partial charge on any atom is 0.225 e. The predicted molar refractivity (Wildman–Crippen MR) is 88.8 cm³/mol. The lowest BCUT2D eigenvalue weighted by Gasteiger charge is -2.08. The maximum atomic E-state index is 4.56. The van der Waals surface area contributed by atoms with Crippen LogP contribution >= 0.6 is 11.3 Å². The van der Waals surface area contributed by atoms with E-state index in [1.54, 1.807) is 17.4 Å². The van der Waals surface area contributed by atoms with Gasteiger partial charge in [0.05, 0.1) is 10.2 Å². The Labute approximate surface area is 123 Å². The molecule has 5 heteroatoms. The normalized spacial score (nSPS) is 10.3. The van der Waals surface area contributed by atoms with Gasteiger partial charge < -0.3 is 10.6 Å². The van der Waals surface area contributed by atoms with Crippen LogP contribution in [0.15, 0.2) is 29.7 Å². The molecule has 2 rings (SSSR count). The smallest absolute Gasteiger partial charge is 0.225 e. The van der Waals surface area contributed by atoms with Crippen molar-refractivity contribution in [1.29, 1.82) is 0 Å². The number of aryl methyl sites for hydroxylation is 1. The molecule has 0 atom stereocenters. The molecule has 0 spiro atoms. The van der Waals surface area contributed by atoms with Crippen LogP contribution < -0.4 is 10.6 Å². The van der Waals surface area contributed by atoms with Crippen LogP contribution in [0.2, 0.25) is 0 Å². The van der Waals surface area contributed by atoms with E-state index in [1.807, 2.05) is 0 Å². The molecule has 0 aliphatic heterocycles. The van der Waals surface area contributed by atoms with Gasteiger partial charge in [-0.25, -0.2) is 4.98 Å². The third-order valence-corrected chi connectivity index (χ3v) is 3.87. The van der Waals surface area contributed by atoms with Crippen molar-refractivity contribution in [3.63, 3.8) is 0 Å². The van der Waals surface area contributed by atoms with E-state index < -0.39 is 0 Å². The number of fused-ring (bicyclic) bond motifs is 1. The Kier molecular flexibility index (Phi) is 4.74. The van der Waals surface area contributed by atoms with Crippen molar-refractivity contribution >= 4 is 33.3 Å². The highest BCUT2D eigenvalue weighted by Gasteiger charge is 2.10. The van der Waals surface area contributed by atoms with Crippen molar-refractivity contribution in [3.05, 3.63) is 35.2 Å². The summed E-state index contributed by atoms with van der Waals surface area (Å²) >= 11 is 1.68. The maximum absolute atomic E-state index is 4.56. The molecule has 0 saturated heterocycles. The van der Waals surface area contributed by atoms with Crippen LogP contribution in [-0.4, -0.2) is 23.1 Å². The Hall–Kier alpha value is -1.88. The summed E-state index contributed by atoms with van der Waals surface area (Å²) in [4.78, 5) is 9.11. The van der Waals surface area contributed by atoms with Crippen LogP contribution in [0.1, 0.15) is 19.4 Å². The second kappa shape index (κ2) is 6.52. The summed E-state index contributed by atoms with van der Waals surface area (Å²) in [6.07, 6.45) is 3.94. The molecule has 0 radical (unpaired) electrons. The molecule has 0 amide bonds. The second-order valence-electron chi connectivity index (χ2n) is 4.82. The number of allylic oxidation sites excluding steroid dienone is 1. The number of thiophene rings is 1. The van der Waals surface area contributed by atoms with Gasteiger partial charge >= 0.3 is 0 Å². The Bertz CT molecular complexity index is 639. The zero-order chi connectivity index (χ0) is 14.5. The molecule has 0 fully saturated rings. The second-order valence-corrected chi connectivity index (χ2v) is 5.70. The van der Waals surface area contributed by atoms with Gasteiger partial charge in [0.25, 0.3) is 0 Å². The van der Waals surface area contributed by atoms with Crippen molar-refractivity contribution in [1.82, 2.24) is 9.97 Å². The number of hydrogen-bond acceptors (Lipinski definition) is 5. The zero-order valence-electron chi connectivity index (χ0n) is 12.2. The predicted octanol–water partition coefficient (Wildman–Crippen LogP) is 3.98. The summed E-state index contributed by atoms with van der Waals surface area (Å²) < 4.78 is 1.11. The number of rotatable bonds is 6. The third kappa shape index (κ3) is 3.36. The first-order valence-corrected chi connectivity index (χ1v) is 7.47. The van der Waals surface area contributed by atoms with Crippen LogP contribution in [0, 0.1) is 6.92 Å². The van der Waals surface area contributed by atoms with E-state index in [2.05, 4.69) is 59.4 Å². The van der Waals surface area contributed by atoms with Crippen molar-refractivity contribution in [3.8, 4) is 0 Å². The van der Waals surface area contributed by atoms with Gasteiger partial charge in [-0.2, -0.15) is 4.98 Å². The van der Waals surface area contributed by atoms with Crippen LogP contribution in [0.4, 0.5) is 11.8 Å². The lowest BCUT2D eigenvalue weighted by Crippen LogP contribution is -2.07. The average Bonchev–Trinajstić information content (AvgIpc) is 2.78. The number of aromatic nitrogens is 2. The molecule has 2 aromatic rings. The first-order valence-electron chi connectivity index (χ1n) is 6.59. The fraction of sp³-hybridized carbons (Fsp3) is 0.333. The minimum absolute atomic E-state index is 0.638. The summed E-state index contributed by atoms with van der Waals surface area (Å²) in [5.41, 5.74) is 3.48. The topological polar surface area (TPSA) is 49.8 Å². The van der Waals surface area contributed by atoms with Gasteiger partial charge in [-0.15, -0.1) is 17.9 Å². The number of anilines is 2. The zero-order valence-corrected chi connectivity index (χ0v) is 13.0. The number of nitrogens with one attached hydrogen (secondary N) is 2. The SMILES string of the molecule is C=CCNc1nc(NCC=C(C)C)c2scc(C)c2n1. The molecule has 4 nitrogen and oxygen atoms in total. The van der Waals surface area contributed by atoms with E-state index in [1.165, 1.54) is 11.1 Å². The summed E-state index contributed by atoms with van der Waals surface area (Å²) in [6, 6.07) is 0. The number of nitrogens with zero attached hydrogens (tertiary/aromatic N) is 2. The molecule has 2 N–H and O–H groups in total. The van der Waals surface area contributed by atoms with Crippen molar-refractivity contribution in [2.45, 2.75) is 20.8 Å². The summed E-state index contributed by atoms with van der Waals surface area (Å²) in [6.45, 7) is 11.4. The Morgan fingerprint density at radius 3 is 2.80 bits per heavy atom. The molecule has 0 aromatic carbocycles. The Balaban J connectivity index is 2.34. The quantitative estimate of drug-likeness (QED) is 0.790. The largest absolute Gasteiger partial charge is 0.365 e. The minimum Gasteiger partial charge on any atom is -0.365 e. The fourth-order valence-corrected chi connectivity index (χ4v) is 2.70. The Morgan fingerprint density at radius 1 is 1.30 bits per heavy atom. The van der Waals surface area contributed by atoms with Gasteiger partial charge in [0.1, 0.15) is 5.82 Å². The van der Waals surface area contributed by atoms with Gasteiger partial charge in [-0.05, 0) is 31.7 Å². The van der Waals surface area contributed by atoms with E-state index in [9.17, 15) is 0 Å². The summed E-state index contributed by atoms with van der Waals surface area (Å²) in [5.74, 6) is 1.52. The molecule has 2 heterocycles. The van der Waals surface area contributed by atoms with Crippen molar-refractivity contribution in [2.24, 2.45) is 0 Å². The molecule has 0 aliphatic rings. The van der Waals surface area contributed by atoms with Gasteiger partial charge in [0.2, 0.25) is 5.95 Å². The lowest BCUT2D eigenvalue weighted by atomic mass is 10.3. The van der Waals surface area contributed by atoms with Crippen molar-refractivity contribution in [2.75, 3.05) is 23.7 Å². The van der Waals surface area contributed by atoms with Gasteiger partial charge in [-0.3, -0.25) is 0 Å². The molecule has 106 valence electrons. The van der Waals surface area contributed by atoms with Gasteiger partial charge in [-0.1, -0.05) is 17.7 Å². The average molecular weight is 288 g/mol. The first kappa shape index (κ1) is 14.5. The van der Waals surface area contributed by atoms with Gasteiger partial charge in [0.15, 0.2) is 0 Å². The molecule has 0 aliphatic carbocycles. The van der Waals surface area contributed by atoms with Gasteiger partial charge in [0, 0.05) is 13.1 Å². The molecule has 20 heavy (non-hydrogen) atoms. The highest BCUT2D eigenvalue weighted by Crippen LogP contribution is 2.30. The molecule has 0 bridgehead atoms. The van der Waals surface area contributed by atoms with Crippen molar-refractivity contribution < 1.29 is 0 Å². The summed E-state index contributed by atoms with van der Waals surface area (Å²) in [7, 11) is 0. The molecular formula is C15H20N4S. The Morgan fingerprint density at radius 2 is 2.10 bits per heavy atom. The summed E-state index contributed by atoms with van der Waals surface area (Å²) in [5, 5.41) is 8.63. The van der Waals surface area contributed by atoms with E-state index in [0.717, 1.165) is 22.6 Å². The van der Waals surface area contributed by atoms with E-state index >= 15 is 0 Å². The first-order chi connectivity index (χ1) is 9.61. The molecule has 0 saturated carbocycles. The monoisotopic (exact) mass is 288 g/mol.